The Bertz CT molecular complexity index is 490. The highest BCUT2D eigenvalue weighted by Gasteiger charge is 2.00. The zero-order chi connectivity index (χ0) is 11.4. The van der Waals surface area contributed by atoms with Crippen LogP contribution in [0.2, 0.25) is 5.02 Å². The van der Waals surface area contributed by atoms with Crippen molar-refractivity contribution >= 4 is 27.5 Å². The number of halogens is 2. The summed E-state index contributed by atoms with van der Waals surface area (Å²) >= 11 is 9.25. The Morgan fingerprint density at radius 3 is 2.94 bits per heavy atom. The Morgan fingerprint density at radius 1 is 1.31 bits per heavy atom. The molecule has 0 bridgehead atoms. The van der Waals surface area contributed by atoms with Gasteiger partial charge in [0.1, 0.15) is 12.4 Å². The summed E-state index contributed by atoms with van der Waals surface area (Å²) in [4.78, 5) is 3.97. The summed E-state index contributed by atoms with van der Waals surface area (Å²) in [6, 6.07) is 9.42. The monoisotopic (exact) mass is 297 g/mol. The van der Waals surface area contributed by atoms with E-state index in [0.717, 1.165) is 20.8 Å². The molecule has 16 heavy (non-hydrogen) atoms. The Labute approximate surface area is 107 Å². The Kier molecular flexibility index (Phi) is 3.80. The van der Waals surface area contributed by atoms with E-state index in [0.29, 0.717) is 6.61 Å². The van der Waals surface area contributed by atoms with Gasteiger partial charge in [-0.3, -0.25) is 4.98 Å². The number of pyridine rings is 1. The van der Waals surface area contributed by atoms with Gasteiger partial charge in [0.2, 0.25) is 0 Å². The molecule has 0 aliphatic rings. The van der Waals surface area contributed by atoms with E-state index in [1.165, 1.54) is 0 Å². The highest BCUT2D eigenvalue weighted by Crippen LogP contribution is 2.23. The molecule has 0 saturated heterocycles. The minimum absolute atomic E-state index is 0.489. The van der Waals surface area contributed by atoms with Crippen LogP contribution >= 0.6 is 27.5 Å². The van der Waals surface area contributed by atoms with Crippen molar-refractivity contribution in [3.63, 3.8) is 0 Å². The highest BCUT2D eigenvalue weighted by molar-refractivity contribution is 9.10. The second-order valence-electron chi connectivity index (χ2n) is 3.22. The molecule has 1 aromatic carbocycles. The first kappa shape index (κ1) is 11.4. The first-order valence-electron chi connectivity index (χ1n) is 4.72. The van der Waals surface area contributed by atoms with Crippen molar-refractivity contribution in [1.29, 1.82) is 0 Å². The molecule has 0 aliphatic carbocycles. The van der Waals surface area contributed by atoms with Crippen molar-refractivity contribution in [2.24, 2.45) is 0 Å². The lowest BCUT2D eigenvalue weighted by Crippen LogP contribution is -1.96. The standard InChI is InChI=1S/C12H9BrClNO/c13-11-7-15-5-4-12(11)16-8-9-2-1-3-10(14)6-9/h1-7H,8H2. The van der Waals surface area contributed by atoms with Gasteiger partial charge in [0.25, 0.3) is 0 Å². The molecule has 0 amide bonds. The first-order chi connectivity index (χ1) is 7.75. The van der Waals surface area contributed by atoms with Crippen LogP contribution in [0, 0.1) is 0 Å². The molecule has 0 saturated carbocycles. The van der Waals surface area contributed by atoms with E-state index in [4.69, 9.17) is 16.3 Å². The third kappa shape index (κ3) is 2.97. The minimum atomic E-state index is 0.489. The van der Waals surface area contributed by atoms with Gasteiger partial charge in [0.15, 0.2) is 0 Å². The maximum Gasteiger partial charge on any atom is 0.137 e. The predicted octanol–water partition coefficient (Wildman–Crippen LogP) is 4.08. The molecular formula is C12H9BrClNO. The molecule has 1 aromatic heterocycles. The normalized spacial score (nSPS) is 10.1. The maximum absolute atomic E-state index is 5.88. The fourth-order valence-corrected chi connectivity index (χ4v) is 1.85. The number of hydrogen-bond donors (Lipinski definition) is 0. The van der Waals surface area contributed by atoms with E-state index < -0.39 is 0 Å². The average Bonchev–Trinajstić information content (AvgIpc) is 2.28. The molecule has 4 heteroatoms. The summed E-state index contributed by atoms with van der Waals surface area (Å²) in [7, 11) is 0. The number of rotatable bonds is 3. The molecule has 2 rings (SSSR count). The van der Waals surface area contributed by atoms with Crippen LogP contribution in [0.1, 0.15) is 5.56 Å². The van der Waals surface area contributed by atoms with Gasteiger partial charge in [-0.25, -0.2) is 0 Å². The van der Waals surface area contributed by atoms with Crippen molar-refractivity contribution in [1.82, 2.24) is 4.98 Å². The van der Waals surface area contributed by atoms with E-state index in [9.17, 15) is 0 Å². The zero-order valence-electron chi connectivity index (χ0n) is 8.36. The molecule has 0 radical (unpaired) electrons. The molecule has 0 aliphatic heterocycles. The van der Waals surface area contributed by atoms with Crippen LogP contribution in [0.25, 0.3) is 0 Å². The van der Waals surface area contributed by atoms with E-state index in [-0.39, 0.29) is 0 Å². The maximum atomic E-state index is 5.88. The van der Waals surface area contributed by atoms with Crippen molar-refractivity contribution in [3.05, 3.63) is 57.8 Å². The molecule has 0 spiro atoms. The smallest absolute Gasteiger partial charge is 0.137 e. The van der Waals surface area contributed by atoms with Crippen molar-refractivity contribution in [2.75, 3.05) is 0 Å². The van der Waals surface area contributed by atoms with Gasteiger partial charge in [-0.05, 0) is 39.7 Å². The van der Waals surface area contributed by atoms with Gasteiger partial charge < -0.3 is 4.74 Å². The number of hydrogen-bond acceptors (Lipinski definition) is 2. The topological polar surface area (TPSA) is 22.1 Å². The van der Waals surface area contributed by atoms with Gasteiger partial charge in [0.05, 0.1) is 4.47 Å². The van der Waals surface area contributed by atoms with Gasteiger partial charge in [-0.15, -0.1) is 0 Å². The third-order valence-electron chi connectivity index (χ3n) is 2.02. The second kappa shape index (κ2) is 5.32. The lowest BCUT2D eigenvalue weighted by molar-refractivity contribution is 0.304. The van der Waals surface area contributed by atoms with Crippen LogP contribution in [0.4, 0.5) is 0 Å². The largest absolute Gasteiger partial charge is 0.488 e. The highest BCUT2D eigenvalue weighted by atomic mass is 79.9. The number of nitrogens with zero attached hydrogens (tertiary/aromatic N) is 1. The molecular weight excluding hydrogens is 289 g/mol. The SMILES string of the molecule is Clc1cccc(COc2ccncc2Br)c1. The van der Waals surface area contributed by atoms with Crippen molar-refractivity contribution in [3.8, 4) is 5.75 Å². The molecule has 82 valence electrons. The lowest BCUT2D eigenvalue weighted by atomic mass is 10.2. The summed E-state index contributed by atoms with van der Waals surface area (Å²) < 4.78 is 6.48. The molecule has 0 atom stereocenters. The number of ether oxygens (including phenoxy) is 1. The first-order valence-corrected chi connectivity index (χ1v) is 5.89. The minimum Gasteiger partial charge on any atom is -0.488 e. The molecule has 1 heterocycles. The molecule has 0 unspecified atom stereocenters. The van der Waals surface area contributed by atoms with E-state index in [1.807, 2.05) is 30.3 Å². The lowest BCUT2D eigenvalue weighted by Gasteiger charge is -2.07. The van der Waals surface area contributed by atoms with Gasteiger partial charge >= 0.3 is 0 Å². The van der Waals surface area contributed by atoms with E-state index in [2.05, 4.69) is 20.9 Å². The Hall–Kier alpha value is -1.06. The predicted molar refractivity (Wildman–Crippen MR) is 67.7 cm³/mol. The zero-order valence-corrected chi connectivity index (χ0v) is 10.7. The summed E-state index contributed by atoms with van der Waals surface area (Å²) in [5.41, 5.74) is 1.04. The van der Waals surface area contributed by atoms with Crippen LogP contribution in [0.5, 0.6) is 5.75 Å². The van der Waals surface area contributed by atoms with Gasteiger partial charge in [0, 0.05) is 17.4 Å². The van der Waals surface area contributed by atoms with Crippen molar-refractivity contribution in [2.45, 2.75) is 6.61 Å². The number of benzene rings is 1. The molecule has 0 N–H and O–H groups in total. The molecule has 2 aromatic rings. The summed E-state index contributed by atoms with van der Waals surface area (Å²) in [5, 5.41) is 0.717. The summed E-state index contributed by atoms with van der Waals surface area (Å²) in [6.07, 6.45) is 3.39. The van der Waals surface area contributed by atoms with Crippen LogP contribution < -0.4 is 4.74 Å². The Morgan fingerprint density at radius 2 is 2.19 bits per heavy atom. The fraction of sp³-hybridized carbons (Fsp3) is 0.0833. The van der Waals surface area contributed by atoms with Crippen molar-refractivity contribution < 1.29 is 4.74 Å². The van der Waals surface area contributed by atoms with Crippen LogP contribution in [-0.2, 0) is 6.61 Å². The van der Waals surface area contributed by atoms with Crippen LogP contribution in [0.3, 0.4) is 0 Å². The van der Waals surface area contributed by atoms with Gasteiger partial charge in [-0.1, -0.05) is 23.7 Å². The number of aromatic nitrogens is 1. The summed E-state index contributed by atoms with van der Waals surface area (Å²) in [5.74, 6) is 0.773. The van der Waals surface area contributed by atoms with Crippen LogP contribution in [-0.4, -0.2) is 4.98 Å². The van der Waals surface area contributed by atoms with Gasteiger partial charge in [-0.2, -0.15) is 0 Å². The Balaban J connectivity index is 2.05. The average molecular weight is 299 g/mol. The van der Waals surface area contributed by atoms with Crippen LogP contribution in [0.15, 0.2) is 47.2 Å². The molecule has 2 nitrogen and oxygen atoms in total. The quantitative estimate of drug-likeness (QED) is 0.852. The second-order valence-corrected chi connectivity index (χ2v) is 4.52. The van der Waals surface area contributed by atoms with E-state index >= 15 is 0 Å². The fourth-order valence-electron chi connectivity index (χ4n) is 1.27. The molecule has 0 fully saturated rings. The van der Waals surface area contributed by atoms with E-state index in [1.54, 1.807) is 12.4 Å². The summed E-state index contributed by atoms with van der Waals surface area (Å²) in [6.45, 7) is 0.489. The third-order valence-corrected chi connectivity index (χ3v) is 2.85.